The number of benzene rings is 1. The smallest absolute Gasteiger partial charge is 0.243 e. The van der Waals surface area contributed by atoms with Crippen molar-refractivity contribution in [3.63, 3.8) is 0 Å². The average molecular weight is 314 g/mol. The Kier molecular flexibility index (Phi) is 4.57. The number of nitrogens with two attached hydrogens (primary N) is 1. The minimum absolute atomic E-state index is 0.0989. The monoisotopic (exact) mass is 314 g/mol. The number of aryl methyl sites for hydroxylation is 1. The molecule has 0 atom stereocenters. The average Bonchev–Trinajstić information content (AvgIpc) is 2.43. The van der Waals surface area contributed by atoms with Crippen LogP contribution in [0.15, 0.2) is 17.0 Å². The predicted molar refractivity (Wildman–Crippen MR) is 80.5 cm³/mol. The van der Waals surface area contributed by atoms with Crippen molar-refractivity contribution in [2.75, 3.05) is 25.6 Å². The van der Waals surface area contributed by atoms with E-state index in [-0.39, 0.29) is 17.2 Å². The second-order valence-electron chi connectivity index (χ2n) is 5.58. The number of anilines is 1. The van der Waals surface area contributed by atoms with Gasteiger partial charge in [-0.3, -0.25) is 0 Å². The molecular formula is C14H22N2O4S. The van der Waals surface area contributed by atoms with Gasteiger partial charge in [-0.1, -0.05) is 6.07 Å². The van der Waals surface area contributed by atoms with Crippen molar-refractivity contribution in [2.24, 2.45) is 0 Å². The molecule has 0 bridgehead atoms. The highest BCUT2D eigenvalue weighted by Gasteiger charge is 2.37. The van der Waals surface area contributed by atoms with E-state index in [2.05, 4.69) is 4.72 Å². The van der Waals surface area contributed by atoms with Crippen molar-refractivity contribution in [3.8, 4) is 0 Å². The molecule has 1 aromatic rings. The van der Waals surface area contributed by atoms with Gasteiger partial charge in [0.1, 0.15) is 4.90 Å². The summed E-state index contributed by atoms with van der Waals surface area (Å²) in [4.78, 5) is 0.0989. The molecule has 21 heavy (non-hydrogen) atoms. The number of nitrogen functional groups attached to an aromatic ring is 1. The first kappa shape index (κ1) is 16.2. The fourth-order valence-electron chi connectivity index (χ4n) is 2.56. The predicted octanol–water partition coefficient (Wildman–Crippen LogP) is 0.705. The van der Waals surface area contributed by atoms with Crippen LogP contribution in [0.5, 0.6) is 0 Å². The Hall–Kier alpha value is -1.15. The number of nitrogens with one attached hydrogen (secondary N) is 1. The van der Waals surface area contributed by atoms with Crippen LogP contribution in [0.1, 0.15) is 24.0 Å². The summed E-state index contributed by atoms with van der Waals surface area (Å²) in [5, 5.41) is 9.63. The number of sulfonamides is 1. The topological polar surface area (TPSA) is 102 Å². The standard InChI is InChI=1S/C14H22N2O4S/c1-10-3-4-12(15)13(11(10)2)21(18,19)16-14(9-17)5-7-20-8-6-14/h3-4,16-17H,5-9,15H2,1-2H3. The van der Waals surface area contributed by atoms with Crippen LogP contribution < -0.4 is 10.5 Å². The third-order valence-electron chi connectivity index (χ3n) is 4.08. The molecule has 0 spiro atoms. The molecule has 0 unspecified atom stereocenters. The van der Waals surface area contributed by atoms with E-state index < -0.39 is 15.6 Å². The summed E-state index contributed by atoms with van der Waals surface area (Å²) < 4.78 is 33.3. The fraction of sp³-hybridized carbons (Fsp3) is 0.571. The summed E-state index contributed by atoms with van der Waals surface area (Å²) in [5.41, 5.74) is 6.68. The molecule has 1 aliphatic heterocycles. The Morgan fingerprint density at radius 2 is 1.95 bits per heavy atom. The van der Waals surface area contributed by atoms with Gasteiger partial charge in [0.05, 0.1) is 17.8 Å². The van der Waals surface area contributed by atoms with E-state index in [0.717, 1.165) is 5.56 Å². The van der Waals surface area contributed by atoms with Gasteiger partial charge < -0.3 is 15.6 Å². The van der Waals surface area contributed by atoms with Crippen molar-refractivity contribution >= 4 is 15.7 Å². The SMILES string of the molecule is Cc1ccc(N)c(S(=O)(=O)NC2(CO)CCOCC2)c1C. The van der Waals surface area contributed by atoms with Crippen LogP contribution in [0.2, 0.25) is 0 Å². The van der Waals surface area contributed by atoms with Gasteiger partial charge in [-0.05, 0) is 43.9 Å². The Morgan fingerprint density at radius 1 is 1.33 bits per heavy atom. The first-order valence-electron chi connectivity index (χ1n) is 6.90. The van der Waals surface area contributed by atoms with Gasteiger partial charge in [0.25, 0.3) is 0 Å². The van der Waals surface area contributed by atoms with Crippen molar-refractivity contribution in [2.45, 2.75) is 37.1 Å². The highest BCUT2D eigenvalue weighted by Crippen LogP contribution is 2.29. The number of aliphatic hydroxyl groups is 1. The maximum absolute atomic E-state index is 12.7. The lowest BCUT2D eigenvalue weighted by Gasteiger charge is -2.36. The van der Waals surface area contributed by atoms with Crippen LogP contribution in [-0.4, -0.2) is 38.9 Å². The molecule has 2 rings (SSSR count). The number of rotatable bonds is 4. The van der Waals surface area contributed by atoms with E-state index in [0.29, 0.717) is 31.6 Å². The Balaban J connectivity index is 2.41. The van der Waals surface area contributed by atoms with Crippen molar-refractivity contribution in [3.05, 3.63) is 23.3 Å². The molecule has 0 amide bonds. The first-order valence-corrected chi connectivity index (χ1v) is 8.38. The number of hydrogen-bond donors (Lipinski definition) is 3. The van der Waals surface area contributed by atoms with Crippen LogP contribution in [0.3, 0.4) is 0 Å². The van der Waals surface area contributed by atoms with Gasteiger partial charge in [0.15, 0.2) is 0 Å². The lowest BCUT2D eigenvalue weighted by molar-refractivity contribution is 0.0223. The Labute approximate surface area is 125 Å². The fourth-order valence-corrected chi connectivity index (χ4v) is 4.44. The van der Waals surface area contributed by atoms with Gasteiger partial charge in [-0.15, -0.1) is 0 Å². The lowest BCUT2D eigenvalue weighted by Crippen LogP contribution is -2.54. The zero-order valence-electron chi connectivity index (χ0n) is 12.3. The molecule has 4 N–H and O–H groups in total. The molecular weight excluding hydrogens is 292 g/mol. The van der Waals surface area contributed by atoms with E-state index in [1.165, 1.54) is 0 Å². The highest BCUT2D eigenvalue weighted by molar-refractivity contribution is 7.89. The van der Waals surface area contributed by atoms with Gasteiger partial charge in [0, 0.05) is 13.2 Å². The summed E-state index contributed by atoms with van der Waals surface area (Å²) in [6.07, 6.45) is 0.876. The zero-order valence-corrected chi connectivity index (χ0v) is 13.2. The van der Waals surface area contributed by atoms with Crippen molar-refractivity contribution in [1.29, 1.82) is 0 Å². The van der Waals surface area contributed by atoms with E-state index in [9.17, 15) is 13.5 Å². The normalized spacial score (nSPS) is 18.6. The second kappa shape index (κ2) is 5.92. The Bertz CT molecular complexity index is 622. The maximum Gasteiger partial charge on any atom is 0.243 e. The second-order valence-corrected chi connectivity index (χ2v) is 7.20. The molecule has 0 aliphatic carbocycles. The molecule has 0 saturated carbocycles. The largest absolute Gasteiger partial charge is 0.398 e. The third-order valence-corrected chi connectivity index (χ3v) is 5.86. The van der Waals surface area contributed by atoms with Crippen LogP contribution in [0, 0.1) is 13.8 Å². The van der Waals surface area contributed by atoms with E-state index in [1.54, 1.807) is 19.1 Å². The van der Waals surface area contributed by atoms with E-state index in [4.69, 9.17) is 10.5 Å². The van der Waals surface area contributed by atoms with Gasteiger partial charge in [-0.25, -0.2) is 13.1 Å². The lowest BCUT2D eigenvalue weighted by atomic mass is 9.93. The van der Waals surface area contributed by atoms with E-state index >= 15 is 0 Å². The molecule has 1 aromatic carbocycles. The third kappa shape index (κ3) is 3.21. The summed E-state index contributed by atoms with van der Waals surface area (Å²) in [7, 11) is -3.80. The Morgan fingerprint density at radius 3 is 2.52 bits per heavy atom. The minimum Gasteiger partial charge on any atom is -0.398 e. The molecule has 7 heteroatoms. The van der Waals surface area contributed by atoms with Crippen LogP contribution in [0.25, 0.3) is 0 Å². The summed E-state index contributed by atoms with van der Waals surface area (Å²) in [5.74, 6) is 0. The van der Waals surface area contributed by atoms with Crippen LogP contribution in [-0.2, 0) is 14.8 Å². The van der Waals surface area contributed by atoms with Crippen molar-refractivity contribution < 1.29 is 18.3 Å². The molecule has 0 radical (unpaired) electrons. The van der Waals surface area contributed by atoms with Crippen LogP contribution >= 0.6 is 0 Å². The summed E-state index contributed by atoms with van der Waals surface area (Å²) in [6, 6.07) is 3.38. The zero-order chi connectivity index (χ0) is 15.7. The molecule has 1 heterocycles. The quantitative estimate of drug-likeness (QED) is 0.710. The van der Waals surface area contributed by atoms with Gasteiger partial charge in [0.2, 0.25) is 10.0 Å². The molecule has 1 aliphatic rings. The molecule has 1 saturated heterocycles. The van der Waals surface area contributed by atoms with E-state index in [1.807, 2.05) is 6.92 Å². The molecule has 0 aromatic heterocycles. The summed E-state index contributed by atoms with van der Waals surface area (Å²) >= 11 is 0. The van der Waals surface area contributed by atoms with Crippen LogP contribution in [0.4, 0.5) is 5.69 Å². The number of hydrogen-bond acceptors (Lipinski definition) is 5. The minimum atomic E-state index is -3.80. The molecule has 1 fully saturated rings. The molecule has 118 valence electrons. The first-order chi connectivity index (χ1) is 9.81. The maximum atomic E-state index is 12.7. The van der Waals surface area contributed by atoms with Crippen molar-refractivity contribution in [1.82, 2.24) is 4.72 Å². The number of aliphatic hydroxyl groups excluding tert-OH is 1. The highest BCUT2D eigenvalue weighted by atomic mass is 32.2. The summed E-state index contributed by atoms with van der Waals surface area (Å²) in [6.45, 7) is 4.15. The molecule has 6 nitrogen and oxygen atoms in total. The number of ether oxygens (including phenoxy) is 1. The van der Waals surface area contributed by atoms with Gasteiger partial charge in [-0.2, -0.15) is 0 Å². The van der Waals surface area contributed by atoms with Gasteiger partial charge >= 0.3 is 0 Å².